The number of primary amides is 1. The van der Waals surface area contributed by atoms with Crippen LogP contribution in [0.1, 0.15) is 20.3 Å². The number of aromatic nitrogens is 1. The van der Waals surface area contributed by atoms with Gasteiger partial charge in [-0.1, -0.05) is 31.0 Å². The van der Waals surface area contributed by atoms with Crippen LogP contribution >= 0.6 is 0 Å². The van der Waals surface area contributed by atoms with Crippen molar-refractivity contribution in [1.29, 1.82) is 0 Å². The van der Waals surface area contributed by atoms with Gasteiger partial charge in [0.15, 0.2) is 5.54 Å². The number of hydrogen-bond acceptors (Lipinski definition) is 4. The van der Waals surface area contributed by atoms with Crippen LogP contribution < -0.4 is 15.8 Å². The van der Waals surface area contributed by atoms with Gasteiger partial charge in [0.25, 0.3) is 5.91 Å². The molecule has 3 N–H and O–H groups in total. The van der Waals surface area contributed by atoms with Crippen molar-refractivity contribution >= 4 is 22.8 Å². The maximum absolute atomic E-state index is 12.1. The van der Waals surface area contributed by atoms with Crippen molar-refractivity contribution in [3.05, 3.63) is 30.3 Å². The molecule has 0 aliphatic heterocycles. The lowest BCUT2D eigenvalue weighted by atomic mass is 9.99. The molecule has 1 unspecified atom stereocenters. The number of carbonyl (C=O) groups is 2. The van der Waals surface area contributed by atoms with Crippen LogP contribution in [0, 0.1) is 12.3 Å². The molecule has 0 aliphatic carbocycles. The number of nitrogens with zero attached hydrogens (tertiary/aromatic N) is 1. The highest BCUT2D eigenvalue weighted by Gasteiger charge is 2.35. The standard InChI is InChI=1S/C18H21N3O3/c1-4-10-20-18(5-2,17(19)23)12-21-15-9-7-6-8-14(15)11-16(21)24-13(3)22/h2,6-9,11,20H,4,10,12H2,1,3H3,(H2,19,23). The summed E-state index contributed by atoms with van der Waals surface area (Å²) < 4.78 is 6.98. The molecule has 2 aromatic rings. The van der Waals surface area contributed by atoms with Gasteiger partial charge in [-0.3, -0.25) is 14.9 Å². The molecule has 6 heteroatoms. The Labute approximate surface area is 141 Å². The average Bonchev–Trinajstić information content (AvgIpc) is 2.87. The Kier molecular flexibility index (Phi) is 5.27. The lowest BCUT2D eigenvalue weighted by Crippen LogP contribution is -2.57. The molecule has 24 heavy (non-hydrogen) atoms. The fourth-order valence-corrected chi connectivity index (χ4v) is 2.54. The van der Waals surface area contributed by atoms with Crippen LogP contribution in [0.25, 0.3) is 10.9 Å². The van der Waals surface area contributed by atoms with E-state index in [9.17, 15) is 9.59 Å². The summed E-state index contributed by atoms with van der Waals surface area (Å²) in [5, 5.41) is 3.92. The third-order valence-electron chi connectivity index (χ3n) is 3.76. The van der Waals surface area contributed by atoms with Gasteiger partial charge in [0, 0.05) is 18.4 Å². The minimum Gasteiger partial charge on any atom is -0.409 e. The highest BCUT2D eigenvalue weighted by atomic mass is 16.5. The zero-order valence-corrected chi connectivity index (χ0v) is 13.8. The second kappa shape index (κ2) is 7.20. The van der Waals surface area contributed by atoms with E-state index in [4.69, 9.17) is 16.9 Å². The van der Waals surface area contributed by atoms with E-state index in [1.54, 1.807) is 10.6 Å². The molecule has 0 saturated carbocycles. The van der Waals surface area contributed by atoms with Gasteiger partial charge in [-0.05, 0) is 19.0 Å². The van der Waals surface area contributed by atoms with Crippen molar-refractivity contribution in [2.24, 2.45) is 5.73 Å². The van der Waals surface area contributed by atoms with Crippen molar-refractivity contribution in [1.82, 2.24) is 9.88 Å². The van der Waals surface area contributed by atoms with Gasteiger partial charge in [-0.15, -0.1) is 6.42 Å². The first-order chi connectivity index (χ1) is 11.4. The van der Waals surface area contributed by atoms with E-state index in [2.05, 4.69) is 11.2 Å². The lowest BCUT2D eigenvalue weighted by Gasteiger charge is -2.28. The summed E-state index contributed by atoms with van der Waals surface area (Å²) in [7, 11) is 0. The zero-order chi connectivity index (χ0) is 17.7. The number of hydrogen-bond donors (Lipinski definition) is 2. The number of rotatable bonds is 7. The lowest BCUT2D eigenvalue weighted by molar-refractivity contribution is -0.132. The van der Waals surface area contributed by atoms with Gasteiger partial charge in [-0.2, -0.15) is 0 Å². The van der Waals surface area contributed by atoms with Crippen molar-refractivity contribution in [2.45, 2.75) is 32.4 Å². The highest BCUT2D eigenvalue weighted by molar-refractivity contribution is 5.89. The molecule has 0 aliphatic rings. The molecule has 6 nitrogen and oxygen atoms in total. The minimum atomic E-state index is -1.37. The molecule has 1 aromatic carbocycles. The molecule has 0 bridgehead atoms. The summed E-state index contributed by atoms with van der Waals surface area (Å²) in [4.78, 5) is 23.5. The number of amides is 1. The summed E-state index contributed by atoms with van der Waals surface area (Å²) in [6.07, 6.45) is 6.42. The Hall–Kier alpha value is -2.78. The molecule has 0 radical (unpaired) electrons. The molecule has 1 heterocycles. The fraction of sp³-hybridized carbons (Fsp3) is 0.333. The van der Waals surface area contributed by atoms with E-state index < -0.39 is 17.4 Å². The maximum Gasteiger partial charge on any atom is 0.309 e. The molecule has 0 saturated heterocycles. The minimum absolute atomic E-state index is 0.0644. The van der Waals surface area contributed by atoms with E-state index >= 15 is 0 Å². The summed E-state index contributed by atoms with van der Waals surface area (Å²) in [5.41, 5.74) is 5.00. The second-order valence-corrected chi connectivity index (χ2v) is 5.56. The summed E-state index contributed by atoms with van der Waals surface area (Å²) in [6.45, 7) is 3.88. The zero-order valence-electron chi connectivity index (χ0n) is 13.8. The van der Waals surface area contributed by atoms with Gasteiger partial charge < -0.3 is 15.0 Å². The predicted molar refractivity (Wildman–Crippen MR) is 92.3 cm³/mol. The first-order valence-electron chi connectivity index (χ1n) is 7.73. The van der Waals surface area contributed by atoms with E-state index in [-0.39, 0.29) is 6.54 Å². The number of para-hydroxylation sites is 1. The van der Waals surface area contributed by atoms with Crippen LogP contribution in [0.3, 0.4) is 0 Å². The highest BCUT2D eigenvalue weighted by Crippen LogP contribution is 2.27. The molecule has 1 amide bonds. The summed E-state index contributed by atoms with van der Waals surface area (Å²) in [5.74, 6) is 1.71. The quantitative estimate of drug-likeness (QED) is 0.595. The van der Waals surface area contributed by atoms with Crippen LogP contribution in [0.15, 0.2) is 30.3 Å². The number of benzene rings is 1. The number of esters is 1. The summed E-state index contributed by atoms with van der Waals surface area (Å²) in [6, 6.07) is 9.23. The fourth-order valence-electron chi connectivity index (χ4n) is 2.54. The number of terminal acetylenes is 1. The normalized spacial score (nSPS) is 13.2. The number of carbonyl (C=O) groups excluding carboxylic acids is 2. The molecule has 2 rings (SSSR count). The Morgan fingerprint density at radius 1 is 1.42 bits per heavy atom. The molecular formula is C18H21N3O3. The Morgan fingerprint density at radius 2 is 2.12 bits per heavy atom. The van der Waals surface area contributed by atoms with E-state index in [1.165, 1.54) is 6.92 Å². The predicted octanol–water partition coefficient (Wildman–Crippen LogP) is 1.42. The van der Waals surface area contributed by atoms with E-state index in [0.717, 1.165) is 17.3 Å². The number of ether oxygens (including phenoxy) is 1. The van der Waals surface area contributed by atoms with Crippen molar-refractivity contribution < 1.29 is 14.3 Å². The van der Waals surface area contributed by atoms with E-state index in [1.807, 2.05) is 31.2 Å². The van der Waals surface area contributed by atoms with Crippen molar-refractivity contribution in [3.8, 4) is 18.2 Å². The van der Waals surface area contributed by atoms with Gasteiger partial charge in [0.1, 0.15) is 0 Å². The SMILES string of the molecule is C#CC(Cn1c(OC(C)=O)cc2ccccc21)(NCCC)C(N)=O. The molecule has 126 valence electrons. The Morgan fingerprint density at radius 3 is 2.71 bits per heavy atom. The maximum atomic E-state index is 12.1. The number of nitrogens with two attached hydrogens (primary N) is 1. The van der Waals surface area contributed by atoms with Crippen LogP contribution in [-0.2, 0) is 16.1 Å². The molecule has 0 spiro atoms. The number of nitrogens with one attached hydrogen (secondary N) is 1. The second-order valence-electron chi connectivity index (χ2n) is 5.56. The molecule has 1 aromatic heterocycles. The third kappa shape index (κ3) is 3.42. The molecule has 0 fully saturated rings. The van der Waals surface area contributed by atoms with Gasteiger partial charge in [0.05, 0.1) is 12.1 Å². The average molecular weight is 327 g/mol. The van der Waals surface area contributed by atoms with Crippen molar-refractivity contribution in [3.63, 3.8) is 0 Å². The van der Waals surface area contributed by atoms with Crippen LogP contribution in [0.4, 0.5) is 0 Å². The van der Waals surface area contributed by atoms with Gasteiger partial charge >= 0.3 is 5.97 Å². The van der Waals surface area contributed by atoms with Gasteiger partial charge in [0.2, 0.25) is 5.88 Å². The van der Waals surface area contributed by atoms with Crippen LogP contribution in [0.2, 0.25) is 0 Å². The Balaban J connectivity index is 2.54. The molecular weight excluding hydrogens is 306 g/mol. The smallest absolute Gasteiger partial charge is 0.309 e. The summed E-state index contributed by atoms with van der Waals surface area (Å²) >= 11 is 0. The van der Waals surface area contributed by atoms with Gasteiger partial charge in [-0.25, -0.2) is 0 Å². The molecule has 1 atom stereocenters. The monoisotopic (exact) mass is 327 g/mol. The first kappa shape index (κ1) is 17.6. The largest absolute Gasteiger partial charge is 0.409 e. The van der Waals surface area contributed by atoms with E-state index in [0.29, 0.717) is 12.4 Å². The van der Waals surface area contributed by atoms with Crippen LogP contribution in [0.5, 0.6) is 5.88 Å². The van der Waals surface area contributed by atoms with Crippen molar-refractivity contribution in [2.75, 3.05) is 6.54 Å². The Bertz CT molecular complexity index is 803. The first-order valence-corrected chi connectivity index (χ1v) is 7.73. The van der Waals surface area contributed by atoms with Crippen LogP contribution in [-0.4, -0.2) is 28.5 Å². The topological polar surface area (TPSA) is 86.3 Å². The third-order valence-corrected chi connectivity index (χ3v) is 3.76. The number of fused-ring (bicyclic) bond motifs is 1.